The maximum Gasteiger partial charge on any atom is 0.387 e. The maximum atomic E-state index is 13.5. The quantitative estimate of drug-likeness (QED) is 0.746. The minimum Gasteiger partial charge on any atom is -0.434 e. The number of ether oxygens (including phenoxy) is 1. The van der Waals surface area contributed by atoms with Gasteiger partial charge in [0.1, 0.15) is 11.6 Å². The zero-order valence-electron chi connectivity index (χ0n) is 9.04. The van der Waals surface area contributed by atoms with E-state index in [2.05, 4.69) is 26.0 Å². The van der Waals surface area contributed by atoms with E-state index in [0.29, 0.717) is 0 Å². The lowest BCUT2D eigenvalue weighted by molar-refractivity contribution is -0.0504. The van der Waals surface area contributed by atoms with Crippen LogP contribution < -0.4 is 10.1 Å². The SMILES string of the molecule is OCC(O)CNc1cc(Br)c(OC(F)F)cc1F. The molecule has 0 fully saturated rings. The van der Waals surface area contributed by atoms with Crippen molar-refractivity contribution in [2.75, 3.05) is 18.5 Å². The van der Waals surface area contributed by atoms with E-state index in [1.165, 1.54) is 6.07 Å². The molecule has 1 rings (SSSR count). The van der Waals surface area contributed by atoms with Gasteiger partial charge in [-0.25, -0.2) is 4.39 Å². The fourth-order valence-corrected chi connectivity index (χ4v) is 1.58. The van der Waals surface area contributed by atoms with Gasteiger partial charge in [-0.05, 0) is 22.0 Å². The molecule has 0 saturated carbocycles. The second-order valence-corrected chi connectivity index (χ2v) is 4.21. The minimum absolute atomic E-state index is 0.00371. The molecule has 1 atom stereocenters. The van der Waals surface area contributed by atoms with Crippen molar-refractivity contribution in [3.8, 4) is 5.75 Å². The van der Waals surface area contributed by atoms with E-state index in [0.717, 1.165) is 6.07 Å². The van der Waals surface area contributed by atoms with Crippen LogP contribution in [-0.4, -0.2) is 36.1 Å². The molecule has 0 aliphatic heterocycles. The van der Waals surface area contributed by atoms with Crippen molar-refractivity contribution >= 4 is 21.6 Å². The number of aliphatic hydroxyl groups is 2. The number of rotatable bonds is 6. The van der Waals surface area contributed by atoms with E-state index >= 15 is 0 Å². The Morgan fingerprint density at radius 2 is 2.06 bits per heavy atom. The first-order chi connectivity index (χ1) is 8.43. The fraction of sp³-hybridized carbons (Fsp3) is 0.400. The van der Waals surface area contributed by atoms with Gasteiger partial charge in [-0.2, -0.15) is 8.78 Å². The molecule has 0 aliphatic rings. The average Bonchev–Trinajstić information content (AvgIpc) is 2.30. The monoisotopic (exact) mass is 329 g/mol. The Balaban J connectivity index is 2.79. The van der Waals surface area contributed by atoms with Crippen molar-refractivity contribution in [2.45, 2.75) is 12.7 Å². The molecule has 1 aromatic carbocycles. The standard InChI is InChI=1S/C10H11BrF3NO3/c11-6-1-8(15-3-5(17)4-16)7(12)2-9(6)18-10(13)14/h1-2,5,10,15-17H,3-4H2. The van der Waals surface area contributed by atoms with E-state index in [1.807, 2.05) is 0 Å². The van der Waals surface area contributed by atoms with Crippen molar-refractivity contribution in [3.63, 3.8) is 0 Å². The fourth-order valence-electron chi connectivity index (χ4n) is 1.14. The van der Waals surface area contributed by atoms with Crippen molar-refractivity contribution in [3.05, 3.63) is 22.4 Å². The van der Waals surface area contributed by atoms with E-state index in [-0.39, 0.29) is 22.5 Å². The minimum atomic E-state index is -3.05. The lowest BCUT2D eigenvalue weighted by Crippen LogP contribution is -2.23. The van der Waals surface area contributed by atoms with Crippen LogP contribution in [0, 0.1) is 5.82 Å². The van der Waals surface area contributed by atoms with Crippen LogP contribution >= 0.6 is 15.9 Å². The summed E-state index contributed by atoms with van der Waals surface area (Å²) in [5, 5.41) is 20.2. The molecule has 0 heterocycles. The molecule has 3 N–H and O–H groups in total. The smallest absolute Gasteiger partial charge is 0.387 e. The number of aliphatic hydroxyl groups excluding tert-OH is 2. The highest BCUT2D eigenvalue weighted by Crippen LogP contribution is 2.31. The largest absolute Gasteiger partial charge is 0.434 e. The van der Waals surface area contributed by atoms with E-state index < -0.39 is 25.1 Å². The Morgan fingerprint density at radius 3 is 2.61 bits per heavy atom. The van der Waals surface area contributed by atoms with Gasteiger partial charge in [0.15, 0.2) is 0 Å². The average molecular weight is 330 g/mol. The van der Waals surface area contributed by atoms with E-state index in [4.69, 9.17) is 10.2 Å². The summed E-state index contributed by atoms with van der Waals surface area (Å²) >= 11 is 2.96. The maximum absolute atomic E-state index is 13.5. The van der Waals surface area contributed by atoms with Crippen LogP contribution in [0.4, 0.5) is 18.9 Å². The summed E-state index contributed by atoms with van der Waals surface area (Å²) in [6, 6.07) is 2.00. The number of halogens is 4. The molecule has 4 nitrogen and oxygen atoms in total. The highest BCUT2D eigenvalue weighted by molar-refractivity contribution is 9.10. The van der Waals surface area contributed by atoms with Crippen LogP contribution in [0.2, 0.25) is 0 Å². The highest BCUT2D eigenvalue weighted by atomic mass is 79.9. The first-order valence-electron chi connectivity index (χ1n) is 4.90. The van der Waals surface area contributed by atoms with Crippen LogP contribution in [0.25, 0.3) is 0 Å². The third kappa shape index (κ3) is 4.35. The van der Waals surface area contributed by atoms with E-state index in [1.54, 1.807) is 0 Å². The predicted octanol–water partition coefficient (Wildman–Crippen LogP) is 1.95. The van der Waals surface area contributed by atoms with Crippen molar-refractivity contribution in [1.29, 1.82) is 0 Å². The Kier molecular flexibility index (Phi) is 5.70. The first kappa shape index (κ1) is 15.1. The molecular formula is C10H11BrF3NO3. The normalized spacial score (nSPS) is 12.6. The van der Waals surface area contributed by atoms with Crippen LogP contribution in [0.5, 0.6) is 5.75 Å². The molecule has 0 saturated heterocycles. The van der Waals surface area contributed by atoms with Gasteiger partial charge in [-0.3, -0.25) is 0 Å². The van der Waals surface area contributed by atoms with Crippen molar-refractivity contribution in [1.82, 2.24) is 0 Å². The van der Waals surface area contributed by atoms with E-state index in [9.17, 15) is 13.2 Å². The Labute approximate surface area is 110 Å². The zero-order valence-corrected chi connectivity index (χ0v) is 10.6. The molecule has 0 spiro atoms. The summed E-state index contributed by atoms with van der Waals surface area (Å²) in [5.74, 6) is -1.13. The summed E-state index contributed by atoms with van der Waals surface area (Å²) < 4.78 is 41.7. The van der Waals surface area contributed by atoms with Gasteiger partial charge in [0.2, 0.25) is 0 Å². The predicted molar refractivity (Wildman–Crippen MR) is 62.3 cm³/mol. The second kappa shape index (κ2) is 6.81. The number of alkyl halides is 2. The van der Waals surface area contributed by atoms with Gasteiger partial charge in [-0.15, -0.1) is 0 Å². The number of nitrogens with one attached hydrogen (secondary N) is 1. The molecule has 1 unspecified atom stereocenters. The van der Waals surface area contributed by atoms with Gasteiger partial charge in [0, 0.05) is 12.6 Å². The number of hydrogen-bond acceptors (Lipinski definition) is 4. The topological polar surface area (TPSA) is 61.7 Å². The highest BCUT2D eigenvalue weighted by Gasteiger charge is 2.13. The summed E-state index contributed by atoms with van der Waals surface area (Å²) in [6.45, 7) is -3.59. The van der Waals surface area contributed by atoms with Gasteiger partial charge >= 0.3 is 6.61 Å². The number of anilines is 1. The summed E-state index contributed by atoms with van der Waals surface area (Å²) in [6.07, 6.45) is -1.04. The second-order valence-electron chi connectivity index (χ2n) is 3.36. The summed E-state index contributed by atoms with van der Waals surface area (Å²) in [7, 11) is 0. The first-order valence-corrected chi connectivity index (χ1v) is 5.70. The molecular weight excluding hydrogens is 319 g/mol. The van der Waals surface area contributed by atoms with Gasteiger partial charge < -0.3 is 20.3 Å². The van der Waals surface area contributed by atoms with Gasteiger partial charge in [0.25, 0.3) is 0 Å². The van der Waals surface area contributed by atoms with Crippen LogP contribution in [0.1, 0.15) is 0 Å². The Bertz CT molecular complexity index is 406. The van der Waals surface area contributed by atoms with Crippen LogP contribution in [0.3, 0.4) is 0 Å². The van der Waals surface area contributed by atoms with Crippen molar-refractivity contribution < 1.29 is 28.1 Å². The molecule has 8 heteroatoms. The number of hydrogen-bond donors (Lipinski definition) is 3. The third-order valence-corrected chi connectivity index (χ3v) is 2.60. The molecule has 0 bridgehead atoms. The third-order valence-electron chi connectivity index (χ3n) is 1.98. The molecule has 0 amide bonds. The molecule has 1 aromatic rings. The Hall–Kier alpha value is -0.990. The van der Waals surface area contributed by atoms with Gasteiger partial charge in [0.05, 0.1) is 22.9 Å². The zero-order chi connectivity index (χ0) is 13.7. The molecule has 18 heavy (non-hydrogen) atoms. The van der Waals surface area contributed by atoms with Gasteiger partial charge in [-0.1, -0.05) is 0 Å². The summed E-state index contributed by atoms with van der Waals surface area (Å²) in [5.41, 5.74) is -0.00371. The molecule has 0 aliphatic carbocycles. The molecule has 0 aromatic heterocycles. The van der Waals surface area contributed by atoms with Crippen LogP contribution in [-0.2, 0) is 0 Å². The summed E-state index contributed by atoms with van der Waals surface area (Å²) in [4.78, 5) is 0. The Morgan fingerprint density at radius 1 is 1.39 bits per heavy atom. The lowest BCUT2D eigenvalue weighted by atomic mass is 10.2. The molecule has 0 radical (unpaired) electrons. The number of benzene rings is 1. The van der Waals surface area contributed by atoms with Crippen molar-refractivity contribution in [2.24, 2.45) is 0 Å². The molecule has 102 valence electrons. The lowest BCUT2D eigenvalue weighted by Gasteiger charge is -2.13. The van der Waals surface area contributed by atoms with Crippen LogP contribution in [0.15, 0.2) is 16.6 Å².